The first-order valence-electron chi connectivity index (χ1n) is 8.14. The van der Waals surface area contributed by atoms with Crippen molar-refractivity contribution in [3.8, 4) is 0 Å². The van der Waals surface area contributed by atoms with E-state index in [4.69, 9.17) is 4.74 Å². The third-order valence-corrected chi connectivity index (χ3v) is 4.57. The van der Waals surface area contributed by atoms with Gasteiger partial charge in [0.25, 0.3) is 11.8 Å². The van der Waals surface area contributed by atoms with Crippen LogP contribution in [-0.2, 0) is 14.3 Å². The van der Waals surface area contributed by atoms with Gasteiger partial charge in [-0.1, -0.05) is 34.5 Å². The van der Waals surface area contributed by atoms with Gasteiger partial charge in [-0.3, -0.25) is 24.1 Å². The van der Waals surface area contributed by atoms with E-state index in [-0.39, 0.29) is 35.5 Å². The van der Waals surface area contributed by atoms with Gasteiger partial charge in [-0.25, -0.2) is 0 Å². The number of ether oxygens (including phenoxy) is 1. The Morgan fingerprint density at radius 1 is 1.12 bits per heavy atom. The lowest BCUT2D eigenvalue weighted by molar-refractivity contribution is -0.145. The molecule has 1 aliphatic rings. The van der Waals surface area contributed by atoms with E-state index in [1.807, 2.05) is 0 Å². The van der Waals surface area contributed by atoms with Gasteiger partial charge in [0, 0.05) is 11.4 Å². The normalized spacial score (nSPS) is 14.4. The van der Waals surface area contributed by atoms with Crippen molar-refractivity contribution in [1.82, 2.24) is 4.90 Å². The molecule has 25 heavy (non-hydrogen) atoms. The maximum Gasteiger partial charge on any atom is 0.313 e. The average molecular weight is 410 g/mol. The fraction of sp³-hybridized carbons (Fsp3) is 0.444. The second-order valence-corrected chi connectivity index (χ2v) is 7.26. The summed E-state index contributed by atoms with van der Waals surface area (Å²) in [5.41, 5.74) is 0.923. The highest BCUT2D eigenvalue weighted by atomic mass is 79.9. The van der Waals surface area contributed by atoms with Crippen molar-refractivity contribution in [3.05, 3.63) is 35.4 Å². The van der Waals surface area contributed by atoms with Crippen LogP contribution in [-0.4, -0.2) is 46.4 Å². The number of halogens is 1. The largest absolute Gasteiger partial charge is 0.464 e. The van der Waals surface area contributed by atoms with Crippen LogP contribution < -0.4 is 0 Å². The lowest BCUT2D eigenvalue weighted by Crippen LogP contribution is -2.30. The molecule has 0 saturated carbocycles. The molecule has 2 amide bonds. The Bertz CT molecular complexity index is 653. The molecular formula is C18H20BrNO5. The van der Waals surface area contributed by atoms with E-state index < -0.39 is 5.97 Å². The Labute approximate surface area is 154 Å². The summed E-state index contributed by atoms with van der Waals surface area (Å²) in [5, 5.41) is 0. The van der Waals surface area contributed by atoms with Gasteiger partial charge in [-0.2, -0.15) is 0 Å². The van der Waals surface area contributed by atoms with E-state index in [0.29, 0.717) is 24.1 Å². The van der Waals surface area contributed by atoms with Crippen molar-refractivity contribution in [3.63, 3.8) is 0 Å². The highest BCUT2D eigenvalue weighted by Crippen LogP contribution is 2.23. The summed E-state index contributed by atoms with van der Waals surface area (Å²) in [4.78, 5) is 47.8. The first-order chi connectivity index (χ1) is 11.9. The molecule has 1 heterocycles. The molecule has 1 aliphatic heterocycles. The van der Waals surface area contributed by atoms with Crippen LogP contribution in [0.15, 0.2) is 24.3 Å². The molecule has 0 saturated heterocycles. The lowest BCUT2D eigenvalue weighted by atomic mass is 10.1. The zero-order valence-corrected chi connectivity index (χ0v) is 15.6. The molecule has 1 aromatic carbocycles. The summed E-state index contributed by atoms with van der Waals surface area (Å²) in [6.07, 6.45) is 1.97. The van der Waals surface area contributed by atoms with E-state index in [1.165, 1.54) is 11.8 Å². The van der Waals surface area contributed by atoms with E-state index in [2.05, 4.69) is 15.9 Å². The van der Waals surface area contributed by atoms with Crippen molar-refractivity contribution < 1.29 is 23.9 Å². The zero-order chi connectivity index (χ0) is 18.4. The van der Waals surface area contributed by atoms with Crippen LogP contribution >= 0.6 is 15.9 Å². The Hall–Kier alpha value is -2.02. The number of imide groups is 1. The summed E-state index contributed by atoms with van der Waals surface area (Å²) in [6, 6.07) is 6.83. The van der Waals surface area contributed by atoms with E-state index >= 15 is 0 Å². The number of hydrogen-bond donors (Lipinski definition) is 0. The molecule has 0 N–H and O–H groups in total. The van der Waals surface area contributed by atoms with Crippen molar-refractivity contribution >= 4 is 39.5 Å². The fourth-order valence-electron chi connectivity index (χ4n) is 2.60. The first kappa shape index (κ1) is 19.3. The van der Waals surface area contributed by atoms with Crippen LogP contribution in [0.5, 0.6) is 0 Å². The van der Waals surface area contributed by atoms with Crippen molar-refractivity contribution in [2.75, 3.05) is 13.2 Å². The van der Waals surface area contributed by atoms with Crippen LogP contribution in [0.1, 0.15) is 53.3 Å². The summed E-state index contributed by atoms with van der Waals surface area (Å²) in [6.45, 7) is 1.90. The average Bonchev–Trinajstić information content (AvgIpc) is 2.81. The molecule has 1 atom stereocenters. The minimum atomic E-state index is -0.525. The molecule has 6 nitrogen and oxygen atoms in total. The minimum Gasteiger partial charge on any atom is -0.464 e. The Balaban J connectivity index is 1.68. The number of nitrogens with zero attached hydrogens (tertiary/aromatic N) is 1. The number of rotatable bonds is 9. The molecule has 0 fully saturated rings. The second kappa shape index (κ2) is 8.89. The molecular weight excluding hydrogens is 390 g/mol. The number of ketones is 1. The Morgan fingerprint density at radius 2 is 1.72 bits per heavy atom. The third-order valence-electron chi connectivity index (χ3n) is 3.85. The van der Waals surface area contributed by atoms with Gasteiger partial charge in [0.05, 0.1) is 11.1 Å². The quantitative estimate of drug-likeness (QED) is 0.206. The lowest BCUT2D eigenvalue weighted by Gasteiger charge is -2.14. The van der Waals surface area contributed by atoms with Crippen LogP contribution in [0.25, 0.3) is 0 Å². The molecule has 2 rings (SSSR count). The third kappa shape index (κ3) is 5.22. The maximum absolute atomic E-state index is 12.2. The molecule has 0 radical (unpaired) electrons. The molecule has 1 unspecified atom stereocenters. The van der Waals surface area contributed by atoms with Gasteiger partial charge < -0.3 is 4.74 Å². The molecule has 0 aliphatic carbocycles. The van der Waals surface area contributed by atoms with Crippen molar-refractivity contribution in [2.45, 2.75) is 37.4 Å². The predicted molar refractivity (Wildman–Crippen MR) is 94.6 cm³/mol. The van der Waals surface area contributed by atoms with Gasteiger partial charge in [0.1, 0.15) is 18.8 Å². The van der Waals surface area contributed by atoms with Crippen LogP contribution in [0.4, 0.5) is 0 Å². The van der Waals surface area contributed by atoms with Gasteiger partial charge in [-0.15, -0.1) is 0 Å². The number of esters is 1. The van der Waals surface area contributed by atoms with Crippen LogP contribution in [0.3, 0.4) is 0 Å². The topological polar surface area (TPSA) is 80.8 Å². The van der Waals surface area contributed by atoms with E-state index in [0.717, 1.165) is 12.8 Å². The highest BCUT2D eigenvalue weighted by Gasteiger charge is 2.34. The van der Waals surface area contributed by atoms with Gasteiger partial charge >= 0.3 is 5.97 Å². The first-order valence-corrected chi connectivity index (χ1v) is 9.06. The van der Waals surface area contributed by atoms with Crippen molar-refractivity contribution in [1.29, 1.82) is 0 Å². The predicted octanol–water partition coefficient (Wildman–Crippen LogP) is 2.74. The van der Waals surface area contributed by atoms with Crippen LogP contribution in [0.2, 0.25) is 0 Å². The van der Waals surface area contributed by atoms with E-state index in [9.17, 15) is 19.2 Å². The summed E-state index contributed by atoms with van der Waals surface area (Å²) >= 11 is 3.42. The number of alkyl halides is 1. The number of hydrogen-bond acceptors (Lipinski definition) is 5. The smallest absolute Gasteiger partial charge is 0.313 e. The molecule has 0 bridgehead atoms. The Kier molecular flexibility index (Phi) is 6.87. The Morgan fingerprint density at radius 3 is 2.28 bits per heavy atom. The number of unbranched alkanes of at least 4 members (excludes halogenated alkanes) is 1. The molecule has 1 aromatic rings. The molecule has 0 aromatic heterocycles. The standard InChI is InChI=1S/C18H20BrNO5/c1-12(21)10-16(22)25-11-13(19)6-4-5-9-20-17(23)14-7-2-3-8-15(14)18(20)24/h2-3,7-8,13H,4-6,9-11H2,1H3. The zero-order valence-electron chi connectivity index (χ0n) is 14.0. The summed E-state index contributed by atoms with van der Waals surface area (Å²) < 4.78 is 5.00. The van der Waals surface area contributed by atoms with Gasteiger partial charge in [0.2, 0.25) is 0 Å². The van der Waals surface area contributed by atoms with Gasteiger partial charge in [-0.05, 0) is 31.9 Å². The number of amides is 2. The number of Topliss-reactive ketones (excluding diaryl/α,β-unsaturated/α-hetero) is 1. The second-order valence-electron chi connectivity index (χ2n) is 5.96. The monoisotopic (exact) mass is 409 g/mol. The molecule has 0 spiro atoms. The van der Waals surface area contributed by atoms with Crippen LogP contribution in [0, 0.1) is 0 Å². The van der Waals surface area contributed by atoms with E-state index in [1.54, 1.807) is 24.3 Å². The number of fused-ring (bicyclic) bond motifs is 1. The SMILES string of the molecule is CC(=O)CC(=O)OCC(Br)CCCCN1C(=O)c2ccccc2C1=O. The number of carbonyl (C=O) groups is 4. The minimum absolute atomic E-state index is 0.0226. The molecule has 7 heteroatoms. The number of benzene rings is 1. The summed E-state index contributed by atoms with van der Waals surface area (Å²) in [5.74, 6) is -1.23. The van der Waals surface area contributed by atoms with Crippen molar-refractivity contribution in [2.24, 2.45) is 0 Å². The summed E-state index contributed by atoms with van der Waals surface area (Å²) in [7, 11) is 0. The highest BCUT2D eigenvalue weighted by molar-refractivity contribution is 9.09. The van der Waals surface area contributed by atoms with Gasteiger partial charge in [0.15, 0.2) is 0 Å². The number of carbonyl (C=O) groups excluding carboxylic acids is 4. The molecule has 134 valence electrons. The maximum atomic E-state index is 12.2. The fourth-order valence-corrected chi connectivity index (χ4v) is 3.05.